The fourth-order valence-electron chi connectivity index (χ4n) is 1.99. The van der Waals surface area contributed by atoms with Crippen molar-refractivity contribution in [2.45, 2.75) is 0 Å². The number of nitrogens with one attached hydrogen (secondary N) is 2. The Hall–Kier alpha value is -2.67. The molecule has 1 fully saturated rings. The van der Waals surface area contributed by atoms with Crippen LogP contribution in [0.15, 0.2) is 39.4 Å². The standard InChI is InChI=1S/C14H10N2O4S/c1-19-8-2-3-9-11(5-8)20-6-7(12(9)17)4-10-13(18)16-14(21)15-10/h2-6H,1H3,(H2,15,16,18,21). The number of benzene rings is 1. The van der Waals surface area contributed by atoms with Crippen molar-refractivity contribution >= 4 is 40.3 Å². The Morgan fingerprint density at radius 3 is 2.76 bits per heavy atom. The summed E-state index contributed by atoms with van der Waals surface area (Å²) in [6, 6.07) is 4.92. The number of rotatable bonds is 2. The van der Waals surface area contributed by atoms with E-state index in [2.05, 4.69) is 10.6 Å². The van der Waals surface area contributed by atoms with Gasteiger partial charge in [-0.05, 0) is 30.4 Å². The van der Waals surface area contributed by atoms with Crippen molar-refractivity contribution in [2.75, 3.05) is 7.11 Å². The minimum Gasteiger partial charge on any atom is -0.497 e. The molecule has 2 aromatic rings. The molecule has 21 heavy (non-hydrogen) atoms. The lowest BCUT2D eigenvalue weighted by molar-refractivity contribution is -0.115. The first kappa shape index (κ1) is 13.3. The Morgan fingerprint density at radius 2 is 2.10 bits per heavy atom. The Bertz CT molecular complexity index is 854. The molecule has 1 aliphatic heterocycles. The predicted octanol–water partition coefficient (Wildman–Crippen LogP) is 1.15. The normalized spacial score (nSPS) is 16.1. The van der Waals surface area contributed by atoms with Gasteiger partial charge in [0.05, 0.1) is 18.1 Å². The molecule has 1 aromatic heterocycles. The quantitative estimate of drug-likeness (QED) is 0.640. The van der Waals surface area contributed by atoms with Crippen LogP contribution in [0.2, 0.25) is 0 Å². The number of thiocarbonyl (C=S) groups is 1. The number of methoxy groups -OCH3 is 1. The maximum Gasteiger partial charge on any atom is 0.273 e. The molecular formula is C14H10N2O4S. The highest BCUT2D eigenvalue weighted by Crippen LogP contribution is 2.19. The first-order valence-electron chi connectivity index (χ1n) is 6.02. The van der Waals surface area contributed by atoms with Gasteiger partial charge in [-0.2, -0.15) is 0 Å². The highest BCUT2D eigenvalue weighted by Gasteiger charge is 2.20. The third-order valence-corrected chi connectivity index (χ3v) is 3.23. The summed E-state index contributed by atoms with van der Waals surface area (Å²) in [5.41, 5.74) is 0.648. The second-order valence-corrected chi connectivity index (χ2v) is 4.76. The number of fused-ring (bicyclic) bond motifs is 1. The molecule has 1 saturated heterocycles. The van der Waals surface area contributed by atoms with Gasteiger partial charge in [0.15, 0.2) is 10.5 Å². The van der Waals surface area contributed by atoms with Gasteiger partial charge in [0.1, 0.15) is 23.3 Å². The molecule has 0 aliphatic carbocycles. The van der Waals surface area contributed by atoms with E-state index in [0.29, 0.717) is 16.7 Å². The van der Waals surface area contributed by atoms with Crippen LogP contribution in [0.3, 0.4) is 0 Å². The molecule has 2 N–H and O–H groups in total. The van der Waals surface area contributed by atoms with Gasteiger partial charge in [-0.3, -0.25) is 14.9 Å². The van der Waals surface area contributed by atoms with Crippen LogP contribution in [-0.4, -0.2) is 18.1 Å². The van der Waals surface area contributed by atoms with Crippen LogP contribution in [0.25, 0.3) is 17.0 Å². The summed E-state index contributed by atoms with van der Waals surface area (Å²) in [6.45, 7) is 0. The van der Waals surface area contributed by atoms with E-state index >= 15 is 0 Å². The molecule has 3 rings (SSSR count). The molecule has 0 spiro atoms. The average Bonchev–Trinajstić information content (AvgIpc) is 2.79. The second-order valence-electron chi connectivity index (χ2n) is 4.35. The molecule has 0 radical (unpaired) electrons. The zero-order valence-corrected chi connectivity index (χ0v) is 11.7. The lowest BCUT2D eigenvalue weighted by atomic mass is 10.1. The van der Waals surface area contributed by atoms with Crippen molar-refractivity contribution in [3.8, 4) is 5.75 Å². The summed E-state index contributed by atoms with van der Waals surface area (Å²) >= 11 is 4.83. The van der Waals surface area contributed by atoms with Crippen molar-refractivity contribution in [3.63, 3.8) is 0 Å². The SMILES string of the molecule is COc1ccc2c(=O)c(C=C3NC(=S)NC3=O)coc2c1. The number of carbonyl (C=O) groups excluding carboxylic acids is 1. The molecule has 1 aliphatic rings. The van der Waals surface area contributed by atoms with Crippen LogP contribution in [0.1, 0.15) is 5.56 Å². The third kappa shape index (κ3) is 2.38. The van der Waals surface area contributed by atoms with Crippen LogP contribution >= 0.6 is 12.2 Å². The molecule has 1 amide bonds. The average molecular weight is 302 g/mol. The minimum atomic E-state index is -0.380. The van der Waals surface area contributed by atoms with E-state index in [4.69, 9.17) is 21.4 Å². The molecule has 7 heteroatoms. The monoisotopic (exact) mass is 302 g/mol. The third-order valence-electron chi connectivity index (χ3n) is 3.03. The van der Waals surface area contributed by atoms with Gasteiger partial charge in [-0.15, -0.1) is 0 Å². The topological polar surface area (TPSA) is 80.6 Å². The first-order chi connectivity index (χ1) is 10.1. The number of ether oxygens (including phenoxy) is 1. The fourth-order valence-corrected chi connectivity index (χ4v) is 2.19. The van der Waals surface area contributed by atoms with Gasteiger partial charge in [0.2, 0.25) is 0 Å². The van der Waals surface area contributed by atoms with Crippen molar-refractivity contribution < 1.29 is 13.9 Å². The lowest BCUT2D eigenvalue weighted by Gasteiger charge is -2.02. The van der Waals surface area contributed by atoms with E-state index in [1.165, 1.54) is 19.4 Å². The smallest absolute Gasteiger partial charge is 0.273 e. The molecular weight excluding hydrogens is 292 g/mol. The van der Waals surface area contributed by atoms with E-state index in [9.17, 15) is 9.59 Å². The van der Waals surface area contributed by atoms with E-state index in [1.54, 1.807) is 18.2 Å². The van der Waals surface area contributed by atoms with E-state index < -0.39 is 0 Å². The van der Waals surface area contributed by atoms with Crippen molar-refractivity contribution in [1.29, 1.82) is 0 Å². The zero-order valence-electron chi connectivity index (χ0n) is 10.9. The van der Waals surface area contributed by atoms with E-state index in [1.807, 2.05) is 0 Å². The molecule has 0 bridgehead atoms. The highest BCUT2D eigenvalue weighted by molar-refractivity contribution is 7.80. The first-order valence-corrected chi connectivity index (χ1v) is 6.43. The summed E-state index contributed by atoms with van der Waals surface area (Å²) in [4.78, 5) is 23.9. The van der Waals surface area contributed by atoms with Crippen LogP contribution in [-0.2, 0) is 4.79 Å². The van der Waals surface area contributed by atoms with Gasteiger partial charge in [-0.25, -0.2) is 0 Å². The van der Waals surface area contributed by atoms with E-state index in [0.717, 1.165) is 0 Å². The molecule has 0 saturated carbocycles. The maximum atomic E-state index is 12.4. The molecule has 0 unspecified atom stereocenters. The van der Waals surface area contributed by atoms with Gasteiger partial charge in [0, 0.05) is 6.07 Å². The Morgan fingerprint density at radius 1 is 1.29 bits per heavy atom. The van der Waals surface area contributed by atoms with Gasteiger partial charge < -0.3 is 14.5 Å². The van der Waals surface area contributed by atoms with Crippen molar-refractivity contribution in [1.82, 2.24) is 10.6 Å². The molecule has 0 atom stereocenters. The van der Waals surface area contributed by atoms with Crippen LogP contribution in [0, 0.1) is 0 Å². The summed E-state index contributed by atoms with van der Waals surface area (Å²) in [5, 5.41) is 5.72. The Balaban J connectivity index is 2.11. The number of hydrogen-bond acceptors (Lipinski definition) is 5. The molecule has 2 heterocycles. The fraction of sp³-hybridized carbons (Fsp3) is 0.0714. The van der Waals surface area contributed by atoms with Gasteiger partial charge in [0.25, 0.3) is 5.91 Å². The zero-order chi connectivity index (χ0) is 15.0. The Labute approximate surface area is 124 Å². The van der Waals surface area contributed by atoms with Gasteiger partial charge in [-0.1, -0.05) is 0 Å². The number of amides is 1. The molecule has 1 aromatic carbocycles. The van der Waals surface area contributed by atoms with Crippen LogP contribution in [0.5, 0.6) is 5.75 Å². The Kier molecular flexibility index (Phi) is 3.19. The number of hydrogen-bond donors (Lipinski definition) is 2. The largest absolute Gasteiger partial charge is 0.497 e. The van der Waals surface area contributed by atoms with Crippen molar-refractivity contribution in [3.05, 3.63) is 45.9 Å². The highest BCUT2D eigenvalue weighted by atomic mass is 32.1. The maximum absolute atomic E-state index is 12.4. The second kappa shape index (κ2) is 5.02. The minimum absolute atomic E-state index is 0.208. The summed E-state index contributed by atoms with van der Waals surface area (Å²) in [6.07, 6.45) is 2.71. The summed E-state index contributed by atoms with van der Waals surface area (Å²) < 4.78 is 10.5. The lowest BCUT2D eigenvalue weighted by Crippen LogP contribution is -2.21. The van der Waals surface area contributed by atoms with Crippen LogP contribution < -0.4 is 20.8 Å². The van der Waals surface area contributed by atoms with Crippen molar-refractivity contribution in [2.24, 2.45) is 0 Å². The molecule has 106 valence electrons. The molecule has 6 nitrogen and oxygen atoms in total. The van der Waals surface area contributed by atoms with Crippen LogP contribution in [0.4, 0.5) is 0 Å². The predicted molar refractivity (Wildman–Crippen MR) is 80.9 cm³/mol. The van der Waals surface area contributed by atoms with Gasteiger partial charge >= 0.3 is 0 Å². The number of carbonyl (C=O) groups is 1. The van der Waals surface area contributed by atoms with E-state index in [-0.39, 0.29) is 27.7 Å². The summed E-state index contributed by atoms with van der Waals surface area (Å²) in [5.74, 6) is 0.216. The summed E-state index contributed by atoms with van der Waals surface area (Å²) in [7, 11) is 1.53.